The maximum absolute atomic E-state index is 6.26. The summed E-state index contributed by atoms with van der Waals surface area (Å²) in [5.41, 5.74) is 4.07. The first kappa shape index (κ1) is 17.5. The molecule has 0 amide bonds. The summed E-state index contributed by atoms with van der Waals surface area (Å²) >= 11 is 6.26. The highest BCUT2D eigenvalue weighted by Crippen LogP contribution is 2.31. The van der Waals surface area contributed by atoms with Crippen molar-refractivity contribution in [2.45, 2.75) is 37.8 Å². The van der Waals surface area contributed by atoms with E-state index < -0.39 is 0 Å². The van der Waals surface area contributed by atoms with Gasteiger partial charge in [0.15, 0.2) is 0 Å². The number of nitrogens with one attached hydrogen (secondary N) is 1. The number of nitrogens with zero attached hydrogens (tertiary/aromatic N) is 3. The zero-order valence-electron chi connectivity index (χ0n) is 14.8. The molecule has 1 N–H and O–H groups in total. The molecule has 4 nitrogen and oxygen atoms in total. The topological polar surface area (TPSA) is 33.1 Å². The molecule has 1 aliphatic rings. The standard InChI is InChI=1S/C19H27ClN4/c1-23(2)19(15-11-22-24(3)13-15)12-21-18-7-5-4-6-14-8-9-16(20)10-17(14)18/h8-11,13,18-19,21H,4-7,12H2,1-3H3/t18-,19-/m1/s1. The number of aryl methyl sites for hydroxylation is 2. The molecule has 0 bridgehead atoms. The van der Waals surface area contributed by atoms with Gasteiger partial charge in [-0.25, -0.2) is 0 Å². The van der Waals surface area contributed by atoms with Crippen molar-refractivity contribution in [3.05, 3.63) is 52.3 Å². The van der Waals surface area contributed by atoms with Crippen molar-refractivity contribution >= 4 is 11.6 Å². The molecule has 1 aromatic carbocycles. The molecule has 0 radical (unpaired) electrons. The lowest BCUT2D eigenvalue weighted by Crippen LogP contribution is -2.33. The van der Waals surface area contributed by atoms with E-state index in [0.29, 0.717) is 12.1 Å². The van der Waals surface area contributed by atoms with Crippen LogP contribution in [-0.2, 0) is 13.5 Å². The molecule has 2 aromatic rings. The van der Waals surface area contributed by atoms with Gasteiger partial charge in [0, 0.05) is 42.5 Å². The second-order valence-electron chi connectivity index (χ2n) is 6.98. The zero-order valence-corrected chi connectivity index (χ0v) is 15.6. The van der Waals surface area contributed by atoms with Crippen LogP contribution >= 0.6 is 11.6 Å². The van der Waals surface area contributed by atoms with Crippen molar-refractivity contribution in [2.24, 2.45) is 7.05 Å². The van der Waals surface area contributed by atoms with Crippen molar-refractivity contribution in [1.82, 2.24) is 20.0 Å². The average Bonchev–Trinajstić information content (AvgIpc) is 2.86. The summed E-state index contributed by atoms with van der Waals surface area (Å²) < 4.78 is 1.87. The monoisotopic (exact) mass is 346 g/mol. The van der Waals surface area contributed by atoms with E-state index in [-0.39, 0.29) is 0 Å². The van der Waals surface area contributed by atoms with E-state index in [1.54, 1.807) is 0 Å². The SMILES string of the molecule is CN(C)[C@H](CN[C@@H]1CCCCc2ccc(Cl)cc21)c1cnn(C)c1. The van der Waals surface area contributed by atoms with E-state index >= 15 is 0 Å². The molecule has 130 valence electrons. The van der Waals surface area contributed by atoms with Gasteiger partial charge >= 0.3 is 0 Å². The lowest BCUT2D eigenvalue weighted by Gasteiger charge is -2.27. The number of rotatable bonds is 5. The zero-order chi connectivity index (χ0) is 17.1. The van der Waals surface area contributed by atoms with Gasteiger partial charge in [0.1, 0.15) is 0 Å². The highest BCUT2D eigenvalue weighted by atomic mass is 35.5. The van der Waals surface area contributed by atoms with Gasteiger partial charge in [0.2, 0.25) is 0 Å². The molecule has 24 heavy (non-hydrogen) atoms. The first-order chi connectivity index (χ1) is 11.5. The van der Waals surface area contributed by atoms with Crippen LogP contribution in [-0.4, -0.2) is 35.3 Å². The van der Waals surface area contributed by atoms with Gasteiger partial charge in [0.05, 0.1) is 6.20 Å². The molecule has 0 spiro atoms. The molecule has 1 aromatic heterocycles. The van der Waals surface area contributed by atoms with E-state index in [1.807, 2.05) is 24.0 Å². The van der Waals surface area contributed by atoms with Crippen LogP contribution in [0.25, 0.3) is 0 Å². The molecular formula is C19H27ClN4. The molecule has 0 fully saturated rings. The predicted octanol–water partition coefficient (Wildman–Crippen LogP) is 3.73. The fourth-order valence-corrected chi connectivity index (χ4v) is 3.79. The fraction of sp³-hybridized carbons (Fsp3) is 0.526. The third kappa shape index (κ3) is 4.00. The van der Waals surface area contributed by atoms with Gasteiger partial charge < -0.3 is 10.2 Å². The summed E-state index contributed by atoms with van der Waals surface area (Å²) in [6.07, 6.45) is 8.90. The lowest BCUT2D eigenvalue weighted by molar-refractivity contribution is 0.277. The van der Waals surface area contributed by atoms with E-state index in [0.717, 1.165) is 18.0 Å². The van der Waals surface area contributed by atoms with Crippen LogP contribution in [0.1, 0.15) is 48.0 Å². The minimum atomic E-state index is 0.310. The number of hydrogen-bond acceptors (Lipinski definition) is 3. The summed E-state index contributed by atoms with van der Waals surface area (Å²) in [6, 6.07) is 7.04. The number of benzene rings is 1. The molecular weight excluding hydrogens is 320 g/mol. The summed E-state index contributed by atoms with van der Waals surface area (Å²) in [4.78, 5) is 2.25. The van der Waals surface area contributed by atoms with Crippen LogP contribution in [0.2, 0.25) is 5.02 Å². The van der Waals surface area contributed by atoms with E-state index in [1.165, 1.54) is 36.0 Å². The third-order valence-electron chi connectivity index (χ3n) is 4.96. The van der Waals surface area contributed by atoms with Crippen molar-refractivity contribution in [3.8, 4) is 0 Å². The van der Waals surface area contributed by atoms with Crippen molar-refractivity contribution in [3.63, 3.8) is 0 Å². The maximum Gasteiger partial charge on any atom is 0.0538 e. The third-order valence-corrected chi connectivity index (χ3v) is 5.20. The summed E-state index contributed by atoms with van der Waals surface area (Å²) in [5, 5.41) is 8.95. The lowest BCUT2D eigenvalue weighted by atomic mass is 9.98. The van der Waals surface area contributed by atoms with Crippen LogP contribution in [0.15, 0.2) is 30.6 Å². The Morgan fingerprint density at radius 2 is 2.21 bits per heavy atom. The van der Waals surface area contributed by atoms with E-state index in [2.05, 4.69) is 47.7 Å². The number of aromatic nitrogens is 2. The molecule has 3 rings (SSSR count). The Balaban J connectivity index is 1.76. The molecule has 0 saturated carbocycles. The van der Waals surface area contributed by atoms with Crippen molar-refractivity contribution in [1.29, 1.82) is 0 Å². The Bertz CT molecular complexity index is 680. The predicted molar refractivity (Wildman–Crippen MR) is 99.4 cm³/mol. The number of hydrogen-bond donors (Lipinski definition) is 1. The Labute approximate surface area is 149 Å². The summed E-state index contributed by atoms with van der Waals surface area (Å²) in [7, 11) is 6.21. The molecule has 0 aliphatic heterocycles. The van der Waals surface area contributed by atoms with Gasteiger partial charge in [-0.3, -0.25) is 4.68 Å². The van der Waals surface area contributed by atoms with Crippen LogP contribution in [0.4, 0.5) is 0 Å². The van der Waals surface area contributed by atoms with Crippen LogP contribution in [0.3, 0.4) is 0 Å². The van der Waals surface area contributed by atoms with E-state index in [4.69, 9.17) is 11.6 Å². The van der Waals surface area contributed by atoms with E-state index in [9.17, 15) is 0 Å². The maximum atomic E-state index is 6.26. The van der Waals surface area contributed by atoms with Crippen molar-refractivity contribution in [2.75, 3.05) is 20.6 Å². The highest BCUT2D eigenvalue weighted by molar-refractivity contribution is 6.30. The molecule has 5 heteroatoms. The fourth-order valence-electron chi connectivity index (χ4n) is 3.61. The highest BCUT2D eigenvalue weighted by Gasteiger charge is 2.22. The number of fused-ring (bicyclic) bond motifs is 1. The minimum Gasteiger partial charge on any atom is -0.308 e. The smallest absolute Gasteiger partial charge is 0.0538 e. The van der Waals surface area contributed by atoms with Gasteiger partial charge in [-0.05, 0) is 56.6 Å². The molecule has 2 atom stereocenters. The molecule has 0 unspecified atom stereocenters. The Hall–Kier alpha value is -1.36. The molecule has 1 aliphatic carbocycles. The second-order valence-corrected chi connectivity index (χ2v) is 7.41. The van der Waals surface area contributed by atoms with Gasteiger partial charge in [-0.2, -0.15) is 5.10 Å². The molecule has 1 heterocycles. The first-order valence-corrected chi connectivity index (χ1v) is 9.09. The Morgan fingerprint density at radius 3 is 2.92 bits per heavy atom. The van der Waals surface area contributed by atoms with Crippen LogP contribution in [0, 0.1) is 0 Å². The normalized spacial score (nSPS) is 19.1. The minimum absolute atomic E-state index is 0.310. The average molecular weight is 347 g/mol. The Morgan fingerprint density at radius 1 is 1.38 bits per heavy atom. The van der Waals surface area contributed by atoms with Crippen molar-refractivity contribution < 1.29 is 0 Å². The first-order valence-electron chi connectivity index (χ1n) is 8.71. The summed E-state index contributed by atoms with van der Waals surface area (Å²) in [5.74, 6) is 0. The van der Waals surface area contributed by atoms with Gasteiger partial charge in [0.25, 0.3) is 0 Å². The number of likely N-dealkylation sites (N-methyl/N-ethyl adjacent to an activating group) is 1. The molecule has 0 saturated heterocycles. The van der Waals surface area contributed by atoms with Crippen LogP contribution in [0.5, 0.6) is 0 Å². The van der Waals surface area contributed by atoms with Gasteiger partial charge in [-0.1, -0.05) is 24.1 Å². The Kier molecular flexibility index (Phi) is 5.59. The second kappa shape index (κ2) is 7.68. The number of halogens is 1. The summed E-state index contributed by atoms with van der Waals surface area (Å²) in [6.45, 7) is 0.898. The largest absolute Gasteiger partial charge is 0.308 e. The van der Waals surface area contributed by atoms with Crippen LogP contribution < -0.4 is 5.32 Å². The quantitative estimate of drug-likeness (QED) is 0.837. The van der Waals surface area contributed by atoms with Gasteiger partial charge in [-0.15, -0.1) is 0 Å².